The van der Waals surface area contributed by atoms with Crippen molar-refractivity contribution in [2.75, 3.05) is 0 Å². The fourth-order valence-electron chi connectivity index (χ4n) is 3.72. The van der Waals surface area contributed by atoms with E-state index in [1.165, 1.54) is 48.8 Å². The van der Waals surface area contributed by atoms with Crippen molar-refractivity contribution in [3.63, 3.8) is 0 Å². The Morgan fingerprint density at radius 2 is 1.67 bits per heavy atom. The SMILES string of the molecule is CCC1(C(N)Cc2cc(C)cc(C)c2)CCCC1. The zero-order valence-corrected chi connectivity index (χ0v) is 12.1. The first-order chi connectivity index (χ1) is 8.55. The van der Waals surface area contributed by atoms with Gasteiger partial charge in [0.25, 0.3) is 0 Å². The molecule has 1 aliphatic carbocycles. The molecule has 1 aromatic rings. The molecule has 0 aromatic heterocycles. The van der Waals surface area contributed by atoms with E-state index in [9.17, 15) is 0 Å². The molecule has 1 saturated carbocycles. The van der Waals surface area contributed by atoms with Crippen molar-refractivity contribution in [1.29, 1.82) is 0 Å². The van der Waals surface area contributed by atoms with Crippen LogP contribution in [0.3, 0.4) is 0 Å². The van der Waals surface area contributed by atoms with E-state index < -0.39 is 0 Å². The first-order valence-electron chi connectivity index (χ1n) is 7.38. The minimum Gasteiger partial charge on any atom is -0.327 e. The summed E-state index contributed by atoms with van der Waals surface area (Å²) >= 11 is 0. The number of nitrogens with two attached hydrogens (primary N) is 1. The molecule has 0 amide bonds. The Bertz CT molecular complexity index is 382. The lowest BCUT2D eigenvalue weighted by molar-refractivity contribution is 0.219. The average Bonchev–Trinajstić information content (AvgIpc) is 2.77. The number of aryl methyl sites for hydroxylation is 2. The van der Waals surface area contributed by atoms with Gasteiger partial charge in [0.1, 0.15) is 0 Å². The Morgan fingerprint density at radius 1 is 1.11 bits per heavy atom. The maximum Gasteiger partial charge on any atom is 0.0136 e. The Kier molecular flexibility index (Phi) is 4.11. The van der Waals surface area contributed by atoms with E-state index in [0.29, 0.717) is 11.5 Å². The van der Waals surface area contributed by atoms with Gasteiger partial charge in [-0.15, -0.1) is 0 Å². The molecule has 2 N–H and O–H groups in total. The molecule has 1 aromatic carbocycles. The highest BCUT2D eigenvalue weighted by atomic mass is 14.7. The molecule has 0 bridgehead atoms. The van der Waals surface area contributed by atoms with Gasteiger partial charge >= 0.3 is 0 Å². The van der Waals surface area contributed by atoms with E-state index in [-0.39, 0.29) is 0 Å². The predicted octanol–water partition coefficient (Wildman–Crippen LogP) is 4.14. The molecule has 1 heteroatoms. The second kappa shape index (κ2) is 5.44. The summed E-state index contributed by atoms with van der Waals surface area (Å²) < 4.78 is 0. The predicted molar refractivity (Wildman–Crippen MR) is 78.8 cm³/mol. The van der Waals surface area contributed by atoms with Crippen LogP contribution in [0.5, 0.6) is 0 Å². The minimum absolute atomic E-state index is 0.325. The van der Waals surface area contributed by atoms with Gasteiger partial charge in [-0.1, -0.05) is 49.1 Å². The van der Waals surface area contributed by atoms with Gasteiger partial charge < -0.3 is 5.73 Å². The van der Waals surface area contributed by atoms with Crippen LogP contribution >= 0.6 is 0 Å². The summed E-state index contributed by atoms with van der Waals surface area (Å²) in [6.45, 7) is 6.66. The fraction of sp³-hybridized carbons (Fsp3) is 0.647. The fourth-order valence-corrected chi connectivity index (χ4v) is 3.72. The zero-order chi connectivity index (χ0) is 13.2. The third-order valence-corrected chi connectivity index (χ3v) is 4.83. The van der Waals surface area contributed by atoms with Crippen molar-refractivity contribution in [3.05, 3.63) is 34.9 Å². The molecule has 0 saturated heterocycles. The Labute approximate surface area is 112 Å². The Morgan fingerprint density at radius 3 is 2.17 bits per heavy atom. The van der Waals surface area contributed by atoms with Gasteiger partial charge in [0.05, 0.1) is 0 Å². The highest BCUT2D eigenvalue weighted by Gasteiger charge is 2.37. The summed E-state index contributed by atoms with van der Waals surface area (Å²) in [5, 5.41) is 0. The van der Waals surface area contributed by atoms with E-state index in [1.807, 2.05) is 0 Å². The summed E-state index contributed by atoms with van der Waals surface area (Å²) in [6.07, 6.45) is 7.67. The molecule has 1 fully saturated rings. The molecular formula is C17H27N. The van der Waals surface area contributed by atoms with Crippen LogP contribution < -0.4 is 5.73 Å². The van der Waals surface area contributed by atoms with Gasteiger partial charge in [-0.25, -0.2) is 0 Å². The molecule has 1 atom stereocenters. The lowest BCUT2D eigenvalue weighted by Gasteiger charge is -2.34. The van der Waals surface area contributed by atoms with Crippen molar-refractivity contribution in [2.24, 2.45) is 11.1 Å². The number of rotatable bonds is 4. The van der Waals surface area contributed by atoms with Gasteiger partial charge in [0, 0.05) is 6.04 Å². The van der Waals surface area contributed by atoms with E-state index in [4.69, 9.17) is 5.73 Å². The van der Waals surface area contributed by atoms with Crippen molar-refractivity contribution >= 4 is 0 Å². The van der Waals surface area contributed by atoms with Gasteiger partial charge in [-0.3, -0.25) is 0 Å². The summed E-state index contributed by atoms with van der Waals surface area (Å²) in [5.41, 5.74) is 11.1. The molecule has 0 radical (unpaired) electrons. The third-order valence-electron chi connectivity index (χ3n) is 4.83. The standard InChI is InChI=1S/C17H27N/c1-4-17(7-5-6-8-17)16(18)12-15-10-13(2)9-14(3)11-15/h9-11,16H,4-8,12,18H2,1-3H3. The van der Waals surface area contributed by atoms with Crippen molar-refractivity contribution in [2.45, 2.75) is 65.3 Å². The van der Waals surface area contributed by atoms with E-state index in [0.717, 1.165) is 6.42 Å². The number of benzene rings is 1. The number of hydrogen-bond acceptors (Lipinski definition) is 1. The molecule has 1 nitrogen and oxygen atoms in total. The van der Waals surface area contributed by atoms with Gasteiger partial charge in [0.2, 0.25) is 0 Å². The molecular weight excluding hydrogens is 218 g/mol. The van der Waals surface area contributed by atoms with Crippen molar-refractivity contribution in [1.82, 2.24) is 0 Å². The molecule has 100 valence electrons. The van der Waals surface area contributed by atoms with Crippen LogP contribution in [-0.4, -0.2) is 6.04 Å². The highest BCUT2D eigenvalue weighted by molar-refractivity contribution is 5.29. The first kappa shape index (κ1) is 13.6. The molecule has 0 aliphatic heterocycles. The lowest BCUT2D eigenvalue weighted by Crippen LogP contribution is -2.41. The topological polar surface area (TPSA) is 26.0 Å². The third kappa shape index (κ3) is 2.77. The van der Waals surface area contributed by atoms with Gasteiger partial charge in [-0.2, -0.15) is 0 Å². The summed E-state index contributed by atoms with van der Waals surface area (Å²) in [6, 6.07) is 7.16. The van der Waals surface area contributed by atoms with E-state index in [1.54, 1.807) is 0 Å². The van der Waals surface area contributed by atoms with Crippen molar-refractivity contribution < 1.29 is 0 Å². The molecule has 1 aliphatic rings. The Balaban J connectivity index is 2.12. The monoisotopic (exact) mass is 245 g/mol. The maximum atomic E-state index is 6.56. The summed E-state index contributed by atoms with van der Waals surface area (Å²) in [7, 11) is 0. The first-order valence-corrected chi connectivity index (χ1v) is 7.38. The van der Waals surface area contributed by atoms with Crippen LogP contribution in [0.25, 0.3) is 0 Å². The number of hydrogen-bond donors (Lipinski definition) is 1. The highest BCUT2D eigenvalue weighted by Crippen LogP contribution is 2.43. The molecule has 2 rings (SSSR count). The molecule has 0 spiro atoms. The minimum atomic E-state index is 0.325. The second-order valence-corrected chi connectivity index (χ2v) is 6.23. The zero-order valence-electron chi connectivity index (χ0n) is 12.1. The van der Waals surface area contributed by atoms with Crippen LogP contribution in [-0.2, 0) is 6.42 Å². The van der Waals surface area contributed by atoms with Crippen LogP contribution in [0, 0.1) is 19.3 Å². The van der Waals surface area contributed by atoms with Crippen molar-refractivity contribution in [3.8, 4) is 0 Å². The van der Waals surface area contributed by atoms with Crippen LogP contribution in [0.15, 0.2) is 18.2 Å². The van der Waals surface area contributed by atoms with Gasteiger partial charge in [-0.05, 0) is 50.5 Å². The van der Waals surface area contributed by atoms with Gasteiger partial charge in [0.15, 0.2) is 0 Å². The molecule has 0 heterocycles. The quantitative estimate of drug-likeness (QED) is 0.847. The van der Waals surface area contributed by atoms with E-state index >= 15 is 0 Å². The normalized spacial score (nSPS) is 20.0. The Hall–Kier alpha value is -0.820. The largest absolute Gasteiger partial charge is 0.327 e. The molecule has 1 unspecified atom stereocenters. The average molecular weight is 245 g/mol. The lowest BCUT2D eigenvalue weighted by atomic mass is 9.74. The maximum absolute atomic E-state index is 6.56. The van der Waals surface area contributed by atoms with Crippen LogP contribution in [0.2, 0.25) is 0 Å². The van der Waals surface area contributed by atoms with Crippen LogP contribution in [0.4, 0.5) is 0 Å². The molecule has 18 heavy (non-hydrogen) atoms. The summed E-state index contributed by atoms with van der Waals surface area (Å²) in [5.74, 6) is 0. The smallest absolute Gasteiger partial charge is 0.0136 e. The van der Waals surface area contributed by atoms with Crippen LogP contribution in [0.1, 0.15) is 55.7 Å². The second-order valence-electron chi connectivity index (χ2n) is 6.23. The summed E-state index contributed by atoms with van der Waals surface area (Å²) in [4.78, 5) is 0. The van der Waals surface area contributed by atoms with E-state index in [2.05, 4.69) is 39.0 Å².